The molecule has 0 bridgehead atoms. The molecule has 0 atom stereocenters. The highest BCUT2D eigenvalue weighted by Crippen LogP contribution is 2.42. The van der Waals surface area contributed by atoms with Crippen molar-refractivity contribution in [2.45, 2.75) is 18.8 Å². The van der Waals surface area contributed by atoms with E-state index in [4.69, 9.17) is 11.6 Å². The van der Waals surface area contributed by atoms with E-state index in [0.717, 1.165) is 5.56 Å². The van der Waals surface area contributed by atoms with Crippen LogP contribution in [0.3, 0.4) is 0 Å². The lowest BCUT2D eigenvalue weighted by Gasteiger charge is -2.05. The summed E-state index contributed by atoms with van der Waals surface area (Å²) < 4.78 is 1.50. The summed E-state index contributed by atoms with van der Waals surface area (Å²) in [5, 5.41) is 0.602. The van der Waals surface area contributed by atoms with E-state index in [0.29, 0.717) is 11.1 Å². The highest BCUT2D eigenvalue weighted by Gasteiger charge is 2.26. The van der Waals surface area contributed by atoms with Crippen molar-refractivity contribution in [2.24, 2.45) is 7.05 Å². The molecule has 2 rings (SSSR count). The molecule has 0 unspecified atom stereocenters. The third-order valence-electron chi connectivity index (χ3n) is 2.29. The largest absolute Gasteiger partial charge is 0.302 e. The second kappa shape index (κ2) is 2.63. The molecule has 3 heteroatoms. The van der Waals surface area contributed by atoms with E-state index in [1.165, 1.54) is 17.4 Å². The highest BCUT2D eigenvalue weighted by molar-refractivity contribution is 6.30. The number of nitrogens with zero attached hydrogens (tertiary/aromatic N) is 1. The molecule has 0 N–H and O–H groups in total. The van der Waals surface area contributed by atoms with Crippen molar-refractivity contribution in [2.75, 3.05) is 0 Å². The average Bonchev–Trinajstić information content (AvgIpc) is 2.84. The Morgan fingerprint density at radius 2 is 2.17 bits per heavy atom. The van der Waals surface area contributed by atoms with Gasteiger partial charge in [0.2, 0.25) is 0 Å². The predicted molar refractivity (Wildman–Crippen MR) is 48.7 cm³/mol. The predicted octanol–water partition coefficient (Wildman–Crippen LogP) is 1.92. The fourth-order valence-electron chi connectivity index (χ4n) is 1.33. The van der Waals surface area contributed by atoms with E-state index in [1.54, 1.807) is 13.1 Å². The first-order valence-corrected chi connectivity index (χ1v) is 4.43. The first kappa shape index (κ1) is 7.87. The van der Waals surface area contributed by atoms with Crippen LogP contribution in [0.1, 0.15) is 24.3 Å². The van der Waals surface area contributed by atoms with Gasteiger partial charge >= 0.3 is 0 Å². The van der Waals surface area contributed by atoms with Gasteiger partial charge in [0.05, 0.1) is 0 Å². The molecule has 0 amide bonds. The maximum Gasteiger partial charge on any atom is 0.251 e. The Morgan fingerprint density at radius 1 is 1.50 bits per heavy atom. The van der Waals surface area contributed by atoms with E-state index in [-0.39, 0.29) is 5.56 Å². The average molecular weight is 184 g/mol. The standard InChI is InChI=1S/C9H10ClNO/c1-11-8(12)5-4-7(9(11)10)6-2-3-6/h4-6H,2-3H2,1H3. The minimum atomic E-state index is -0.0376. The molecular weight excluding hydrogens is 174 g/mol. The number of hydrogen-bond acceptors (Lipinski definition) is 1. The molecule has 1 aliphatic rings. The molecule has 1 saturated carbocycles. The van der Waals surface area contributed by atoms with Crippen molar-refractivity contribution >= 4 is 11.6 Å². The van der Waals surface area contributed by atoms with Crippen LogP contribution in [0.2, 0.25) is 5.15 Å². The first-order valence-electron chi connectivity index (χ1n) is 4.05. The molecule has 64 valence electrons. The van der Waals surface area contributed by atoms with Crippen LogP contribution in [0.5, 0.6) is 0 Å². The van der Waals surface area contributed by atoms with E-state index < -0.39 is 0 Å². The summed E-state index contributed by atoms with van der Waals surface area (Å²) in [6.45, 7) is 0. The molecule has 2 nitrogen and oxygen atoms in total. The molecular formula is C9H10ClNO. The van der Waals surface area contributed by atoms with Crippen molar-refractivity contribution in [3.05, 3.63) is 33.2 Å². The Balaban J connectivity index is 2.57. The Kier molecular flexibility index (Phi) is 1.72. The molecule has 1 fully saturated rings. The fraction of sp³-hybridized carbons (Fsp3) is 0.444. The third kappa shape index (κ3) is 1.16. The minimum absolute atomic E-state index is 0.0376. The van der Waals surface area contributed by atoms with Gasteiger partial charge in [-0.15, -0.1) is 0 Å². The van der Waals surface area contributed by atoms with Crippen LogP contribution in [-0.2, 0) is 7.05 Å². The normalized spacial score (nSPS) is 16.5. The number of hydrogen-bond donors (Lipinski definition) is 0. The summed E-state index contributed by atoms with van der Waals surface area (Å²) in [7, 11) is 1.70. The molecule has 0 aromatic carbocycles. The zero-order valence-corrected chi connectivity index (χ0v) is 7.64. The summed E-state index contributed by atoms with van der Waals surface area (Å²) >= 11 is 6.00. The Morgan fingerprint density at radius 3 is 2.75 bits per heavy atom. The number of pyridine rings is 1. The third-order valence-corrected chi connectivity index (χ3v) is 2.76. The van der Waals surface area contributed by atoms with Crippen molar-refractivity contribution < 1.29 is 0 Å². The van der Waals surface area contributed by atoms with Crippen molar-refractivity contribution in [1.82, 2.24) is 4.57 Å². The van der Waals surface area contributed by atoms with Crippen LogP contribution >= 0.6 is 11.6 Å². The Bertz CT molecular complexity index is 365. The van der Waals surface area contributed by atoms with Crippen LogP contribution in [-0.4, -0.2) is 4.57 Å². The van der Waals surface area contributed by atoms with E-state index in [9.17, 15) is 4.79 Å². The Hall–Kier alpha value is -0.760. The molecule has 0 saturated heterocycles. The number of aromatic nitrogens is 1. The summed E-state index contributed by atoms with van der Waals surface area (Å²) in [6, 6.07) is 3.43. The van der Waals surface area contributed by atoms with E-state index >= 15 is 0 Å². The first-order chi connectivity index (χ1) is 5.70. The zero-order chi connectivity index (χ0) is 8.72. The fourth-order valence-corrected chi connectivity index (χ4v) is 1.63. The topological polar surface area (TPSA) is 22.0 Å². The van der Waals surface area contributed by atoms with Crippen molar-refractivity contribution in [3.63, 3.8) is 0 Å². The van der Waals surface area contributed by atoms with Gasteiger partial charge in [0.25, 0.3) is 5.56 Å². The van der Waals surface area contributed by atoms with Gasteiger partial charge in [-0.05, 0) is 24.3 Å². The smallest absolute Gasteiger partial charge is 0.251 e. The van der Waals surface area contributed by atoms with Gasteiger partial charge in [-0.1, -0.05) is 17.7 Å². The van der Waals surface area contributed by atoms with Crippen LogP contribution in [0, 0.1) is 0 Å². The molecule has 1 aromatic heterocycles. The molecule has 0 spiro atoms. The quantitative estimate of drug-likeness (QED) is 0.610. The lowest BCUT2D eigenvalue weighted by atomic mass is 10.2. The number of halogens is 1. The van der Waals surface area contributed by atoms with Crippen LogP contribution in [0.15, 0.2) is 16.9 Å². The monoisotopic (exact) mass is 183 g/mol. The molecule has 0 radical (unpaired) electrons. The van der Waals surface area contributed by atoms with Crippen molar-refractivity contribution in [3.8, 4) is 0 Å². The van der Waals surface area contributed by atoms with Crippen LogP contribution in [0.25, 0.3) is 0 Å². The van der Waals surface area contributed by atoms with E-state index in [1.807, 2.05) is 6.07 Å². The summed E-state index contributed by atoms with van der Waals surface area (Å²) in [6.07, 6.45) is 2.41. The van der Waals surface area contributed by atoms with Gasteiger partial charge in [0.15, 0.2) is 0 Å². The second-order valence-electron chi connectivity index (χ2n) is 3.25. The van der Waals surface area contributed by atoms with Gasteiger partial charge in [-0.25, -0.2) is 0 Å². The second-order valence-corrected chi connectivity index (χ2v) is 3.61. The number of rotatable bonds is 1. The summed E-state index contributed by atoms with van der Waals surface area (Å²) in [5.74, 6) is 0.601. The molecule has 1 aliphatic carbocycles. The van der Waals surface area contributed by atoms with Crippen LogP contribution < -0.4 is 5.56 Å². The summed E-state index contributed by atoms with van der Waals surface area (Å²) in [5.41, 5.74) is 1.09. The highest BCUT2D eigenvalue weighted by atomic mass is 35.5. The molecule has 12 heavy (non-hydrogen) atoms. The lowest BCUT2D eigenvalue weighted by Crippen LogP contribution is -2.16. The van der Waals surface area contributed by atoms with Crippen LogP contribution in [0.4, 0.5) is 0 Å². The molecule has 1 aromatic rings. The molecule has 0 aliphatic heterocycles. The minimum Gasteiger partial charge on any atom is -0.302 e. The lowest BCUT2D eigenvalue weighted by molar-refractivity contribution is 0.841. The summed E-state index contributed by atoms with van der Waals surface area (Å²) in [4.78, 5) is 11.1. The SMILES string of the molecule is Cn1c(Cl)c(C2CC2)ccc1=O. The zero-order valence-electron chi connectivity index (χ0n) is 6.88. The maximum atomic E-state index is 11.1. The Labute approximate surface area is 75.8 Å². The van der Waals surface area contributed by atoms with Crippen molar-refractivity contribution in [1.29, 1.82) is 0 Å². The molecule has 1 heterocycles. The van der Waals surface area contributed by atoms with Gasteiger partial charge in [-0.3, -0.25) is 4.79 Å². The van der Waals surface area contributed by atoms with Gasteiger partial charge in [-0.2, -0.15) is 0 Å². The van der Waals surface area contributed by atoms with Gasteiger partial charge < -0.3 is 4.57 Å². The van der Waals surface area contributed by atoms with Gasteiger partial charge in [0, 0.05) is 13.1 Å². The van der Waals surface area contributed by atoms with Gasteiger partial charge in [0.1, 0.15) is 5.15 Å². The maximum absolute atomic E-state index is 11.1. The van der Waals surface area contributed by atoms with E-state index in [2.05, 4.69) is 0 Å².